The van der Waals surface area contributed by atoms with E-state index in [0.717, 1.165) is 0 Å². The summed E-state index contributed by atoms with van der Waals surface area (Å²) in [5.74, 6) is 0. The molecule has 5 heteroatoms. The Labute approximate surface area is 66.1 Å². The Hall–Kier alpha value is -0.550. The molecule has 1 rings (SSSR count). The summed E-state index contributed by atoms with van der Waals surface area (Å²) in [6, 6.07) is 0. The molecule has 0 atom stereocenters. The number of nitrogens with one attached hydrogen (secondary N) is 3. The Bertz CT molecular complexity index is 264. The highest BCUT2D eigenvalue weighted by Crippen LogP contribution is 2.06. The molecule has 3 N–H and O–H groups in total. The van der Waals surface area contributed by atoms with Gasteiger partial charge in [-0.15, -0.1) is 0 Å². The molecule has 0 aliphatic carbocycles. The lowest BCUT2D eigenvalue weighted by Gasteiger charge is -1.91. The Balaban J connectivity index is 2.99. The van der Waals surface area contributed by atoms with Crippen LogP contribution in [0.25, 0.3) is 0 Å². The predicted molar refractivity (Wildman–Crippen MR) is 41.9 cm³/mol. The fourth-order valence-electron chi connectivity index (χ4n) is 0.697. The highest BCUT2D eigenvalue weighted by atomic mass is 79.9. The van der Waals surface area contributed by atoms with Gasteiger partial charge >= 0.3 is 0 Å². The third-order valence-corrected chi connectivity index (χ3v) is 1.86. The third kappa shape index (κ3) is 1.30. The van der Waals surface area contributed by atoms with Crippen molar-refractivity contribution in [1.29, 1.82) is 0 Å². The average molecular weight is 206 g/mol. The van der Waals surface area contributed by atoms with Gasteiger partial charge in [-0.2, -0.15) is 0 Å². The second-order valence-corrected chi connectivity index (χ2v) is 2.69. The summed E-state index contributed by atoms with van der Waals surface area (Å²) >= 11 is 3.19. The maximum absolute atomic E-state index is 10.9. The first-order valence-electron chi connectivity index (χ1n) is 2.85. The van der Waals surface area contributed by atoms with Gasteiger partial charge in [0.05, 0.1) is 5.56 Å². The van der Waals surface area contributed by atoms with E-state index in [2.05, 4.69) is 31.4 Å². The molecule has 0 saturated carbocycles. The topological polar surface area (TPSA) is 60.7 Å². The molecule has 0 aliphatic rings. The van der Waals surface area contributed by atoms with E-state index in [9.17, 15) is 4.79 Å². The second-order valence-electron chi connectivity index (χ2n) is 1.90. The number of hydrogen-bond donors (Lipinski definition) is 3. The van der Waals surface area contributed by atoms with Gasteiger partial charge in [-0.25, -0.2) is 0 Å². The van der Waals surface area contributed by atoms with Crippen LogP contribution in [-0.2, 0) is 6.54 Å². The smallest absolute Gasteiger partial charge is 0.269 e. The van der Waals surface area contributed by atoms with Crippen molar-refractivity contribution in [1.82, 2.24) is 15.5 Å². The molecular formula is C5H8BrN3O. The number of halogens is 1. The van der Waals surface area contributed by atoms with Crippen molar-refractivity contribution in [2.45, 2.75) is 6.54 Å². The van der Waals surface area contributed by atoms with Crippen LogP contribution in [-0.4, -0.2) is 17.2 Å². The Kier molecular flexibility index (Phi) is 2.29. The molecule has 0 saturated heterocycles. The van der Waals surface area contributed by atoms with Crippen molar-refractivity contribution in [2.75, 3.05) is 7.05 Å². The molecule has 0 bridgehead atoms. The predicted octanol–water partition coefficient (Wildman–Crippen LogP) is 0.185. The Morgan fingerprint density at radius 3 is 2.70 bits per heavy atom. The fourth-order valence-corrected chi connectivity index (χ4v) is 1.12. The van der Waals surface area contributed by atoms with Gasteiger partial charge < -0.3 is 5.32 Å². The molecule has 4 nitrogen and oxygen atoms in total. The van der Waals surface area contributed by atoms with Crippen molar-refractivity contribution < 1.29 is 0 Å². The minimum Gasteiger partial charge on any atom is -0.315 e. The van der Waals surface area contributed by atoms with Crippen LogP contribution in [0.1, 0.15) is 5.56 Å². The SMILES string of the molecule is CNCc1c(Br)[nH][nH]c1=O. The van der Waals surface area contributed by atoms with E-state index in [1.165, 1.54) is 0 Å². The normalized spacial score (nSPS) is 10.2. The minimum absolute atomic E-state index is 0.0822. The second kappa shape index (κ2) is 3.03. The van der Waals surface area contributed by atoms with Gasteiger partial charge in [0, 0.05) is 6.54 Å². The molecule has 0 fully saturated rings. The lowest BCUT2D eigenvalue weighted by atomic mass is 10.4. The molecule has 56 valence electrons. The first kappa shape index (κ1) is 7.56. The summed E-state index contributed by atoms with van der Waals surface area (Å²) in [6.07, 6.45) is 0. The van der Waals surface area contributed by atoms with Crippen molar-refractivity contribution in [3.05, 3.63) is 20.5 Å². The maximum Gasteiger partial charge on any atom is 0.269 e. The van der Waals surface area contributed by atoms with Crippen LogP contribution in [0, 0.1) is 0 Å². The van der Waals surface area contributed by atoms with Crippen molar-refractivity contribution in [2.24, 2.45) is 0 Å². The monoisotopic (exact) mass is 205 g/mol. The van der Waals surface area contributed by atoms with Crippen molar-refractivity contribution in [3.63, 3.8) is 0 Å². The third-order valence-electron chi connectivity index (χ3n) is 1.18. The first-order chi connectivity index (χ1) is 4.75. The molecule has 1 aromatic rings. The largest absolute Gasteiger partial charge is 0.315 e. The van der Waals surface area contributed by atoms with Gasteiger partial charge in [0.15, 0.2) is 0 Å². The highest BCUT2D eigenvalue weighted by molar-refractivity contribution is 9.10. The Morgan fingerprint density at radius 2 is 2.30 bits per heavy atom. The lowest BCUT2D eigenvalue weighted by molar-refractivity contribution is 0.809. The molecule has 0 spiro atoms. The van der Waals surface area contributed by atoms with E-state index in [4.69, 9.17) is 0 Å². The standard InChI is InChI=1S/C5H8BrN3O/c1-7-2-3-4(6)8-9-5(3)10/h7H,2H2,1H3,(H2,8,9,10). The van der Waals surface area contributed by atoms with E-state index >= 15 is 0 Å². The molecule has 1 aromatic heterocycles. The van der Waals surface area contributed by atoms with Gasteiger partial charge in [0.1, 0.15) is 4.60 Å². The quantitative estimate of drug-likeness (QED) is 0.646. The minimum atomic E-state index is -0.0822. The summed E-state index contributed by atoms with van der Waals surface area (Å²) in [7, 11) is 1.79. The zero-order chi connectivity index (χ0) is 7.56. The first-order valence-corrected chi connectivity index (χ1v) is 3.64. The fraction of sp³-hybridized carbons (Fsp3) is 0.400. The van der Waals surface area contributed by atoms with Crippen LogP contribution in [0.2, 0.25) is 0 Å². The maximum atomic E-state index is 10.9. The molecule has 0 aromatic carbocycles. The van der Waals surface area contributed by atoms with Crippen LogP contribution in [0.5, 0.6) is 0 Å². The van der Waals surface area contributed by atoms with Crippen LogP contribution in [0.15, 0.2) is 9.40 Å². The summed E-state index contributed by atoms with van der Waals surface area (Å²) in [5, 5.41) is 8.00. The number of aromatic nitrogens is 2. The van der Waals surface area contributed by atoms with Crippen LogP contribution >= 0.6 is 15.9 Å². The van der Waals surface area contributed by atoms with Crippen LogP contribution in [0.4, 0.5) is 0 Å². The zero-order valence-corrected chi connectivity index (χ0v) is 7.08. The van der Waals surface area contributed by atoms with E-state index in [1.54, 1.807) is 7.05 Å². The summed E-state index contributed by atoms with van der Waals surface area (Å²) in [6.45, 7) is 0.569. The molecule has 0 aliphatic heterocycles. The van der Waals surface area contributed by atoms with Crippen LogP contribution in [0.3, 0.4) is 0 Å². The number of rotatable bonds is 2. The van der Waals surface area contributed by atoms with Gasteiger partial charge in [0.2, 0.25) is 0 Å². The van der Waals surface area contributed by atoms with Gasteiger partial charge in [0.25, 0.3) is 5.56 Å². The van der Waals surface area contributed by atoms with Crippen molar-refractivity contribution >= 4 is 15.9 Å². The van der Waals surface area contributed by atoms with Crippen molar-refractivity contribution in [3.8, 4) is 0 Å². The highest BCUT2D eigenvalue weighted by Gasteiger charge is 2.03. The zero-order valence-electron chi connectivity index (χ0n) is 5.49. The van der Waals surface area contributed by atoms with Gasteiger partial charge in [-0.1, -0.05) is 0 Å². The summed E-state index contributed by atoms with van der Waals surface area (Å²) in [4.78, 5) is 10.9. The van der Waals surface area contributed by atoms with Gasteiger partial charge in [-0.05, 0) is 23.0 Å². The summed E-state index contributed by atoms with van der Waals surface area (Å²) in [5.41, 5.74) is 0.615. The number of hydrogen-bond acceptors (Lipinski definition) is 2. The van der Waals surface area contributed by atoms with E-state index in [1.807, 2.05) is 0 Å². The number of aromatic amines is 2. The average Bonchev–Trinajstić information content (AvgIpc) is 2.20. The molecule has 1 heterocycles. The van der Waals surface area contributed by atoms with E-state index in [-0.39, 0.29) is 5.56 Å². The molecule has 10 heavy (non-hydrogen) atoms. The summed E-state index contributed by atoms with van der Waals surface area (Å²) < 4.78 is 0.715. The van der Waals surface area contributed by atoms with Gasteiger partial charge in [-0.3, -0.25) is 15.0 Å². The van der Waals surface area contributed by atoms with Crippen LogP contribution < -0.4 is 10.9 Å². The van der Waals surface area contributed by atoms with E-state index < -0.39 is 0 Å². The van der Waals surface area contributed by atoms with E-state index in [0.29, 0.717) is 16.7 Å². The lowest BCUT2D eigenvalue weighted by Crippen LogP contribution is -2.13. The molecule has 0 amide bonds. The number of H-pyrrole nitrogens is 2. The Morgan fingerprint density at radius 1 is 1.60 bits per heavy atom. The molecular weight excluding hydrogens is 198 g/mol. The molecule has 0 unspecified atom stereocenters. The molecule has 0 radical (unpaired) electrons.